The highest BCUT2D eigenvalue weighted by atomic mass is 32.1. The van der Waals surface area contributed by atoms with Gasteiger partial charge in [0.25, 0.3) is 11.8 Å². The molecule has 4 rings (SSSR count). The van der Waals surface area contributed by atoms with Crippen molar-refractivity contribution < 1.29 is 28.3 Å². The first-order chi connectivity index (χ1) is 21.7. The Hall–Kier alpha value is -4.10. The summed E-state index contributed by atoms with van der Waals surface area (Å²) in [5.74, 6) is -0.645. The number of carbonyl (C=O) groups excluding carboxylic acids is 4. The number of hydrogen-bond donors (Lipinski definition) is 3. The van der Waals surface area contributed by atoms with E-state index >= 15 is 0 Å². The Morgan fingerprint density at radius 3 is 2.62 bits per heavy atom. The summed E-state index contributed by atoms with van der Waals surface area (Å²) in [7, 11) is 0. The minimum Gasteiger partial charge on any atom is -0.443 e. The lowest BCUT2D eigenvalue weighted by molar-refractivity contribution is -0.133. The number of benzene rings is 1. The molecule has 2 aromatic heterocycles. The quantitative estimate of drug-likeness (QED) is 0.331. The first-order valence-corrected chi connectivity index (χ1v) is 16.2. The Labute approximate surface area is 267 Å². The SMILES string of the molecule is CCOCCC(=O)N1CCCC(=O)N[C@@H](Cc2ccccc2)c2nc(c(C)o2)C(=O)N[C@@H](C(C)C)c2nc(cs2)C(=O)NCC1. The number of fused-ring (bicyclic) bond motifs is 4. The van der Waals surface area contributed by atoms with Crippen LogP contribution < -0.4 is 16.0 Å². The third kappa shape index (κ3) is 9.44. The highest BCUT2D eigenvalue weighted by Gasteiger charge is 2.29. The maximum absolute atomic E-state index is 13.5. The number of hydrogen-bond acceptors (Lipinski definition) is 9. The number of carbonyl (C=O) groups is 4. The first-order valence-electron chi connectivity index (χ1n) is 15.4. The highest BCUT2D eigenvalue weighted by Crippen LogP contribution is 2.27. The summed E-state index contributed by atoms with van der Waals surface area (Å²) < 4.78 is 11.3. The van der Waals surface area contributed by atoms with E-state index in [4.69, 9.17) is 9.15 Å². The van der Waals surface area contributed by atoms with E-state index in [-0.39, 0.29) is 66.8 Å². The van der Waals surface area contributed by atoms with Crippen LogP contribution >= 0.6 is 11.3 Å². The zero-order chi connectivity index (χ0) is 32.3. The molecule has 242 valence electrons. The number of oxazole rings is 1. The van der Waals surface area contributed by atoms with Crippen molar-refractivity contribution in [2.24, 2.45) is 5.92 Å². The van der Waals surface area contributed by atoms with Crippen LogP contribution in [0.4, 0.5) is 0 Å². The molecule has 12 nitrogen and oxygen atoms in total. The maximum atomic E-state index is 13.5. The van der Waals surface area contributed by atoms with Crippen LogP contribution in [0.3, 0.4) is 0 Å². The van der Waals surface area contributed by atoms with Gasteiger partial charge in [0.1, 0.15) is 22.5 Å². The van der Waals surface area contributed by atoms with Crippen LogP contribution in [0, 0.1) is 12.8 Å². The molecule has 0 saturated carbocycles. The van der Waals surface area contributed by atoms with Crippen molar-refractivity contribution in [1.29, 1.82) is 0 Å². The number of ether oxygens (including phenoxy) is 1. The van der Waals surface area contributed by atoms with Gasteiger partial charge in [-0.05, 0) is 31.7 Å². The van der Waals surface area contributed by atoms with E-state index in [9.17, 15) is 19.2 Å². The summed E-state index contributed by atoms with van der Waals surface area (Å²) in [4.78, 5) is 63.3. The lowest BCUT2D eigenvalue weighted by Crippen LogP contribution is -2.40. The lowest BCUT2D eigenvalue weighted by Gasteiger charge is -2.23. The summed E-state index contributed by atoms with van der Waals surface area (Å²) in [6.45, 7) is 9.06. The van der Waals surface area contributed by atoms with Crippen molar-refractivity contribution in [2.45, 2.75) is 65.5 Å². The molecule has 45 heavy (non-hydrogen) atoms. The second-order valence-electron chi connectivity index (χ2n) is 11.2. The van der Waals surface area contributed by atoms with Gasteiger partial charge >= 0.3 is 0 Å². The molecule has 0 unspecified atom stereocenters. The molecule has 3 N–H and O–H groups in total. The van der Waals surface area contributed by atoms with Crippen molar-refractivity contribution in [3.8, 4) is 0 Å². The summed E-state index contributed by atoms with van der Waals surface area (Å²) in [5.41, 5.74) is 1.32. The van der Waals surface area contributed by atoms with Gasteiger partial charge in [0.15, 0.2) is 5.69 Å². The van der Waals surface area contributed by atoms with Crippen molar-refractivity contribution in [2.75, 3.05) is 32.8 Å². The number of aryl methyl sites for hydroxylation is 1. The molecule has 3 aromatic rings. The molecule has 0 fully saturated rings. The average molecular weight is 639 g/mol. The van der Waals surface area contributed by atoms with Gasteiger partial charge in [0.05, 0.1) is 19.1 Å². The molecule has 3 heterocycles. The van der Waals surface area contributed by atoms with Crippen molar-refractivity contribution in [3.63, 3.8) is 0 Å². The Kier molecular flexibility index (Phi) is 12.2. The molecular weight excluding hydrogens is 596 g/mol. The van der Waals surface area contributed by atoms with E-state index < -0.39 is 18.0 Å². The van der Waals surface area contributed by atoms with Gasteiger partial charge in [-0.3, -0.25) is 19.2 Å². The fraction of sp³-hybridized carbons (Fsp3) is 0.500. The predicted octanol–water partition coefficient (Wildman–Crippen LogP) is 3.75. The summed E-state index contributed by atoms with van der Waals surface area (Å²) in [5, 5.41) is 11.1. The van der Waals surface area contributed by atoms with Crippen LogP contribution in [-0.2, 0) is 20.7 Å². The minimum atomic E-state index is -0.618. The number of thiazole rings is 1. The molecule has 4 bridgehead atoms. The monoisotopic (exact) mass is 638 g/mol. The predicted molar refractivity (Wildman–Crippen MR) is 169 cm³/mol. The molecule has 4 amide bonds. The normalized spacial score (nSPS) is 18.7. The summed E-state index contributed by atoms with van der Waals surface area (Å²) in [6.07, 6.45) is 1.17. The average Bonchev–Trinajstić information content (AvgIpc) is 3.66. The van der Waals surface area contributed by atoms with Gasteiger partial charge in [-0.1, -0.05) is 44.2 Å². The fourth-order valence-corrected chi connectivity index (χ4v) is 6.02. The number of nitrogens with zero attached hydrogens (tertiary/aromatic N) is 3. The molecule has 1 aliphatic rings. The number of rotatable bonds is 7. The van der Waals surface area contributed by atoms with Gasteiger partial charge in [-0.2, -0.15) is 0 Å². The van der Waals surface area contributed by atoms with Crippen molar-refractivity contribution in [1.82, 2.24) is 30.8 Å². The van der Waals surface area contributed by atoms with Gasteiger partial charge in [-0.25, -0.2) is 9.97 Å². The highest BCUT2D eigenvalue weighted by molar-refractivity contribution is 7.09. The van der Waals surface area contributed by atoms with E-state index in [1.54, 1.807) is 17.2 Å². The van der Waals surface area contributed by atoms with E-state index in [0.29, 0.717) is 43.4 Å². The second-order valence-corrected chi connectivity index (χ2v) is 12.1. The Morgan fingerprint density at radius 1 is 1.11 bits per heavy atom. The van der Waals surface area contributed by atoms with Gasteiger partial charge in [-0.15, -0.1) is 11.3 Å². The first kappa shape index (κ1) is 33.8. The van der Waals surface area contributed by atoms with E-state index in [1.807, 2.05) is 51.1 Å². The fourth-order valence-electron chi connectivity index (χ4n) is 5.00. The molecule has 1 aromatic carbocycles. The van der Waals surface area contributed by atoms with E-state index in [1.165, 1.54) is 11.3 Å². The van der Waals surface area contributed by atoms with Crippen molar-refractivity contribution >= 4 is 35.0 Å². The third-order valence-corrected chi connectivity index (χ3v) is 8.36. The van der Waals surface area contributed by atoms with Crippen molar-refractivity contribution in [3.05, 3.63) is 69.3 Å². The number of amides is 4. The number of aromatic nitrogens is 2. The van der Waals surface area contributed by atoms with Gasteiger partial charge in [0, 0.05) is 44.5 Å². The van der Waals surface area contributed by atoms with Gasteiger partial charge < -0.3 is 30.0 Å². The Balaban J connectivity index is 1.63. The topological polar surface area (TPSA) is 156 Å². The maximum Gasteiger partial charge on any atom is 0.274 e. The molecule has 0 aliphatic carbocycles. The smallest absolute Gasteiger partial charge is 0.274 e. The minimum absolute atomic E-state index is 0.0399. The van der Waals surface area contributed by atoms with Crippen LogP contribution in [0.5, 0.6) is 0 Å². The summed E-state index contributed by atoms with van der Waals surface area (Å²) in [6, 6.07) is 8.55. The molecule has 13 heteroatoms. The summed E-state index contributed by atoms with van der Waals surface area (Å²) >= 11 is 1.29. The molecule has 0 spiro atoms. The van der Waals surface area contributed by atoms with Crippen LogP contribution in [0.2, 0.25) is 0 Å². The molecular formula is C32H42N6O6S. The van der Waals surface area contributed by atoms with Crippen LogP contribution in [0.15, 0.2) is 40.1 Å². The Bertz CT molecular complexity index is 1460. The zero-order valence-corrected chi connectivity index (χ0v) is 27.1. The van der Waals surface area contributed by atoms with Crippen LogP contribution in [0.25, 0.3) is 0 Å². The Morgan fingerprint density at radius 2 is 1.89 bits per heavy atom. The third-order valence-electron chi connectivity index (χ3n) is 7.43. The van der Waals surface area contributed by atoms with Crippen LogP contribution in [-0.4, -0.2) is 71.3 Å². The van der Waals surface area contributed by atoms with E-state index in [2.05, 4.69) is 25.9 Å². The molecule has 0 radical (unpaired) electrons. The molecule has 0 saturated heterocycles. The number of nitrogens with one attached hydrogen (secondary N) is 3. The standard InChI is InChI=1S/C32H42N6O6S/c1-5-43-17-13-26(40)38-15-9-12-25(39)34-23(18-22-10-7-6-8-11-22)31-37-28(21(4)44-31)30(42)36-27(20(2)3)32-35-24(19-45-32)29(41)33-14-16-38/h6-8,10-11,19-20,23,27H,5,9,12-18H2,1-4H3,(H,33,41)(H,34,39)(H,36,42)/t23-,27-/m0/s1. The van der Waals surface area contributed by atoms with Gasteiger partial charge in [0.2, 0.25) is 17.7 Å². The van der Waals surface area contributed by atoms with Crippen LogP contribution in [0.1, 0.15) is 95.3 Å². The van der Waals surface area contributed by atoms with E-state index in [0.717, 1.165) is 5.56 Å². The second kappa shape index (κ2) is 16.3. The molecule has 1 aliphatic heterocycles. The lowest BCUT2D eigenvalue weighted by atomic mass is 10.0. The largest absolute Gasteiger partial charge is 0.443 e. The zero-order valence-electron chi connectivity index (χ0n) is 26.3. The molecule has 2 atom stereocenters.